The summed E-state index contributed by atoms with van der Waals surface area (Å²) < 4.78 is 1.98. The van der Waals surface area contributed by atoms with Gasteiger partial charge in [-0.1, -0.05) is 6.07 Å². The third kappa shape index (κ3) is 3.04. The minimum absolute atomic E-state index is 0.413. The molecule has 7 heteroatoms. The summed E-state index contributed by atoms with van der Waals surface area (Å²) in [6.07, 6.45) is 7.53. The molecule has 1 unspecified atom stereocenters. The summed E-state index contributed by atoms with van der Waals surface area (Å²) in [4.78, 5) is 9.22. The molecule has 0 saturated carbocycles. The van der Waals surface area contributed by atoms with Crippen LogP contribution < -0.4 is 16.4 Å². The molecule has 132 valence electrons. The molecule has 0 aromatic carbocycles. The number of anilines is 1. The summed E-state index contributed by atoms with van der Waals surface area (Å²) in [5.74, 6) is 0.865. The number of hydrogen-bond acceptors (Lipinski definition) is 6. The third-order valence-corrected chi connectivity index (χ3v) is 4.60. The molecule has 0 amide bonds. The van der Waals surface area contributed by atoms with Gasteiger partial charge in [-0.25, -0.2) is 9.97 Å². The molecule has 1 atom stereocenters. The van der Waals surface area contributed by atoms with Gasteiger partial charge in [-0.15, -0.1) is 0 Å². The molecule has 0 aliphatic carbocycles. The van der Waals surface area contributed by atoms with E-state index in [1.165, 1.54) is 12.4 Å². The van der Waals surface area contributed by atoms with E-state index in [-0.39, 0.29) is 0 Å². The molecule has 0 bridgehead atoms. The van der Waals surface area contributed by atoms with Crippen LogP contribution in [-0.2, 0) is 0 Å². The minimum atomic E-state index is 0.413. The first kappa shape index (κ1) is 16.3. The quantitative estimate of drug-likeness (QED) is 0.529. The Morgan fingerprint density at radius 2 is 2.27 bits per heavy atom. The second-order valence-electron chi connectivity index (χ2n) is 6.30. The summed E-state index contributed by atoms with van der Waals surface area (Å²) in [5.41, 5.74) is 9.71. The van der Waals surface area contributed by atoms with Crippen molar-refractivity contribution in [1.82, 2.24) is 19.7 Å². The second kappa shape index (κ2) is 6.97. The van der Waals surface area contributed by atoms with E-state index in [1.54, 1.807) is 0 Å². The van der Waals surface area contributed by atoms with Gasteiger partial charge < -0.3 is 21.8 Å². The Morgan fingerprint density at radius 1 is 1.35 bits per heavy atom. The number of pyridine rings is 2. The Balaban J connectivity index is 1.71. The van der Waals surface area contributed by atoms with Gasteiger partial charge in [0.15, 0.2) is 0 Å². The normalized spacial score (nSPS) is 17.5. The predicted molar refractivity (Wildman–Crippen MR) is 104 cm³/mol. The van der Waals surface area contributed by atoms with Crippen LogP contribution >= 0.6 is 0 Å². The number of hydrogen-bond donors (Lipinski definition) is 4. The van der Waals surface area contributed by atoms with Gasteiger partial charge in [-0.2, -0.15) is 0 Å². The van der Waals surface area contributed by atoms with E-state index in [2.05, 4.69) is 15.6 Å². The van der Waals surface area contributed by atoms with E-state index < -0.39 is 0 Å². The standard InChI is InChI=1S/C19H21N7/c20-8-14(9-21)13-4-5-19-23-11-17(26(19)12-13)16-2-1-3-18(25-16)24-15-6-7-22-10-15/h1-5,8-9,11-12,15,20,22H,6-7,10,21H2,(H,24,25). The van der Waals surface area contributed by atoms with Gasteiger partial charge in [-0.05, 0) is 37.2 Å². The first-order chi connectivity index (χ1) is 12.8. The van der Waals surface area contributed by atoms with E-state index in [1.807, 2.05) is 47.1 Å². The van der Waals surface area contributed by atoms with Crippen LogP contribution in [0, 0.1) is 5.41 Å². The molecule has 7 nitrogen and oxygen atoms in total. The Bertz CT molecular complexity index is 967. The molecule has 1 saturated heterocycles. The van der Waals surface area contributed by atoms with Crippen LogP contribution in [0.5, 0.6) is 0 Å². The molecule has 26 heavy (non-hydrogen) atoms. The molecular weight excluding hydrogens is 326 g/mol. The van der Waals surface area contributed by atoms with E-state index >= 15 is 0 Å². The van der Waals surface area contributed by atoms with E-state index in [0.717, 1.165) is 47.9 Å². The average Bonchev–Trinajstić information content (AvgIpc) is 3.32. The van der Waals surface area contributed by atoms with Crippen molar-refractivity contribution in [3.8, 4) is 11.4 Å². The molecule has 3 aromatic heterocycles. The highest BCUT2D eigenvalue weighted by Gasteiger charge is 2.15. The predicted octanol–water partition coefficient (Wildman–Crippen LogP) is 2.12. The zero-order chi connectivity index (χ0) is 17.9. The number of imidazole rings is 1. The van der Waals surface area contributed by atoms with Gasteiger partial charge in [0.05, 0.1) is 17.6 Å². The maximum absolute atomic E-state index is 7.50. The summed E-state index contributed by atoms with van der Waals surface area (Å²) in [7, 11) is 0. The van der Waals surface area contributed by atoms with Gasteiger partial charge in [-0.3, -0.25) is 4.40 Å². The van der Waals surface area contributed by atoms with Crippen molar-refractivity contribution >= 4 is 23.3 Å². The third-order valence-electron chi connectivity index (χ3n) is 4.60. The largest absolute Gasteiger partial charge is 0.404 e. The van der Waals surface area contributed by atoms with Crippen LogP contribution in [0.2, 0.25) is 0 Å². The Hall–Kier alpha value is -3.19. The Morgan fingerprint density at radius 3 is 3.04 bits per heavy atom. The van der Waals surface area contributed by atoms with Crippen molar-refractivity contribution in [2.24, 2.45) is 5.73 Å². The molecule has 4 heterocycles. The van der Waals surface area contributed by atoms with E-state index in [9.17, 15) is 0 Å². The number of nitrogens with two attached hydrogens (primary N) is 1. The SMILES string of the molecule is N=CC(=CN)c1ccc2ncc(-c3cccc(NC4CCNC4)n3)n2c1. The minimum Gasteiger partial charge on any atom is -0.404 e. The zero-order valence-corrected chi connectivity index (χ0v) is 14.3. The topological polar surface area (TPSA) is 104 Å². The average molecular weight is 347 g/mol. The number of nitrogens with one attached hydrogen (secondary N) is 3. The van der Waals surface area contributed by atoms with Gasteiger partial charge in [0.1, 0.15) is 11.5 Å². The fraction of sp³-hybridized carbons (Fsp3) is 0.211. The molecule has 3 aromatic rings. The lowest BCUT2D eigenvalue weighted by Crippen LogP contribution is -2.22. The van der Waals surface area contributed by atoms with Gasteiger partial charge in [0.25, 0.3) is 0 Å². The van der Waals surface area contributed by atoms with Crippen LogP contribution in [0.3, 0.4) is 0 Å². The first-order valence-electron chi connectivity index (χ1n) is 8.63. The van der Waals surface area contributed by atoms with Crippen molar-refractivity contribution in [1.29, 1.82) is 5.41 Å². The second-order valence-corrected chi connectivity index (χ2v) is 6.30. The summed E-state index contributed by atoms with van der Waals surface area (Å²) in [6.45, 7) is 2.00. The molecule has 1 fully saturated rings. The molecule has 1 aliphatic heterocycles. The highest BCUT2D eigenvalue weighted by atomic mass is 15.1. The van der Waals surface area contributed by atoms with Crippen molar-refractivity contribution in [3.63, 3.8) is 0 Å². The molecule has 5 N–H and O–H groups in total. The fourth-order valence-corrected chi connectivity index (χ4v) is 3.21. The van der Waals surface area contributed by atoms with Crippen LogP contribution in [0.1, 0.15) is 12.0 Å². The smallest absolute Gasteiger partial charge is 0.137 e. The van der Waals surface area contributed by atoms with Gasteiger partial charge >= 0.3 is 0 Å². The van der Waals surface area contributed by atoms with Crippen molar-refractivity contribution in [3.05, 3.63) is 54.5 Å². The van der Waals surface area contributed by atoms with Crippen LogP contribution in [-0.4, -0.2) is 39.7 Å². The molecular formula is C19H21N7. The first-order valence-corrected chi connectivity index (χ1v) is 8.63. The Labute approximate surface area is 151 Å². The van der Waals surface area contributed by atoms with Crippen LogP contribution in [0.4, 0.5) is 5.82 Å². The molecule has 0 radical (unpaired) electrons. The number of aromatic nitrogens is 3. The summed E-state index contributed by atoms with van der Waals surface area (Å²) >= 11 is 0. The summed E-state index contributed by atoms with van der Waals surface area (Å²) in [5, 5.41) is 14.3. The molecule has 0 spiro atoms. The number of fused-ring (bicyclic) bond motifs is 1. The maximum atomic E-state index is 7.50. The number of rotatable bonds is 5. The van der Waals surface area contributed by atoms with Gasteiger partial charge in [0, 0.05) is 42.3 Å². The zero-order valence-electron chi connectivity index (χ0n) is 14.3. The van der Waals surface area contributed by atoms with Gasteiger partial charge in [0.2, 0.25) is 0 Å². The van der Waals surface area contributed by atoms with E-state index in [0.29, 0.717) is 11.6 Å². The highest BCUT2D eigenvalue weighted by Crippen LogP contribution is 2.23. The Kier molecular flexibility index (Phi) is 4.37. The molecule has 4 rings (SSSR count). The van der Waals surface area contributed by atoms with Crippen molar-refractivity contribution in [2.45, 2.75) is 12.5 Å². The lowest BCUT2D eigenvalue weighted by molar-refractivity contribution is 0.788. The van der Waals surface area contributed by atoms with E-state index in [4.69, 9.17) is 16.1 Å². The van der Waals surface area contributed by atoms with Crippen LogP contribution in [0.25, 0.3) is 22.6 Å². The fourth-order valence-electron chi connectivity index (χ4n) is 3.21. The maximum Gasteiger partial charge on any atom is 0.137 e. The lowest BCUT2D eigenvalue weighted by atomic mass is 10.1. The highest BCUT2D eigenvalue weighted by molar-refractivity contribution is 6.08. The number of allylic oxidation sites excluding steroid dienone is 1. The van der Waals surface area contributed by atoms with Crippen molar-refractivity contribution < 1.29 is 0 Å². The summed E-state index contributed by atoms with van der Waals surface area (Å²) in [6, 6.07) is 10.2. The monoisotopic (exact) mass is 347 g/mol. The number of nitrogens with zero attached hydrogens (tertiary/aromatic N) is 3. The molecule has 1 aliphatic rings. The van der Waals surface area contributed by atoms with Crippen LogP contribution in [0.15, 0.2) is 48.9 Å². The lowest BCUT2D eigenvalue weighted by Gasteiger charge is -2.13. The van der Waals surface area contributed by atoms with Crippen molar-refractivity contribution in [2.75, 3.05) is 18.4 Å².